The molecule has 2 atom stereocenters. The Balaban J connectivity index is 1.31. The minimum absolute atomic E-state index is 0.152. The Morgan fingerprint density at radius 3 is 2.77 bits per heavy atom. The van der Waals surface area contributed by atoms with Gasteiger partial charge in [-0.25, -0.2) is 15.0 Å². The van der Waals surface area contributed by atoms with E-state index in [1.54, 1.807) is 18.5 Å². The van der Waals surface area contributed by atoms with Gasteiger partial charge < -0.3 is 20.3 Å². The van der Waals surface area contributed by atoms with Crippen molar-refractivity contribution in [3.63, 3.8) is 0 Å². The van der Waals surface area contributed by atoms with Gasteiger partial charge in [0.25, 0.3) is 0 Å². The molecule has 2 fully saturated rings. The summed E-state index contributed by atoms with van der Waals surface area (Å²) in [5, 5.41) is 5.96. The van der Waals surface area contributed by atoms with E-state index in [-0.39, 0.29) is 5.91 Å². The number of nitrogens with zero attached hydrogens (tertiary/aromatic N) is 4. The van der Waals surface area contributed by atoms with E-state index in [0.717, 1.165) is 36.5 Å². The Kier molecular flexibility index (Phi) is 4.99. The van der Waals surface area contributed by atoms with Gasteiger partial charge in [0, 0.05) is 42.8 Å². The molecule has 2 N–H and O–H groups in total. The fourth-order valence-corrected chi connectivity index (χ4v) is 4.26. The molecule has 8 heteroatoms. The number of rotatable bonds is 5. The average Bonchev–Trinajstić information content (AvgIpc) is 3.38. The Hall–Kier alpha value is -3.52. The molecule has 2 aliphatic rings. The summed E-state index contributed by atoms with van der Waals surface area (Å²) in [5.74, 6) is 0.877. The molecule has 2 aliphatic heterocycles. The van der Waals surface area contributed by atoms with Gasteiger partial charge in [-0.2, -0.15) is 0 Å². The molecular formula is C23H24N6O2. The van der Waals surface area contributed by atoms with Crippen LogP contribution in [0.1, 0.15) is 18.9 Å². The van der Waals surface area contributed by atoms with Crippen LogP contribution in [0.4, 0.5) is 23.1 Å². The third-order valence-electron chi connectivity index (χ3n) is 5.68. The number of amides is 1. The molecular weight excluding hydrogens is 392 g/mol. The van der Waals surface area contributed by atoms with Crippen LogP contribution in [0.3, 0.4) is 0 Å². The number of carbonyl (C=O) groups is 1. The van der Waals surface area contributed by atoms with E-state index in [4.69, 9.17) is 4.74 Å². The minimum atomic E-state index is -0.152. The molecule has 2 saturated heterocycles. The highest BCUT2D eigenvalue weighted by Crippen LogP contribution is 2.35. The zero-order chi connectivity index (χ0) is 21.4. The smallest absolute Gasteiger partial charge is 0.227 e. The molecule has 2 aromatic heterocycles. The number of carbonyl (C=O) groups excluding carboxylic acids is 1. The lowest BCUT2D eigenvalue weighted by Crippen LogP contribution is -2.37. The number of aryl methyl sites for hydroxylation is 1. The number of hydrogen-bond acceptors (Lipinski definition) is 7. The van der Waals surface area contributed by atoms with Crippen molar-refractivity contribution in [1.29, 1.82) is 0 Å². The Labute approximate surface area is 180 Å². The minimum Gasteiger partial charge on any atom is -0.374 e. The van der Waals surface area contributed by atoms with Gasteiger partial charge in [0.1, 0.15) is 5.82 Å². The van der Waals surface area contributed by atoms with Crippen molar-refractivity contribution in [2.24, 2.45) is 0 Å². The van der Waals surface area contributed by atoms with Gasteiger partial charge in [-0.1, -0.05) is 0 Å². The van der Waals surface area contributed by atoms with Crippen molar-refractivity contribution in [3.05, 3.63) is 54.4 Å². The Morgan fingerprint density at radius 1 is 1.19 bits per heavy atom. The summed E-state index contributed by atoms with van der Waals surface area (Å²) >= 11 is 0. The number of aromatic nitrogens is 3. The third kappa shape index (κ3) is 4.06. The van der Waals surface area contributed by atoms with Gasteiger partial charge in [-0.15, -0.1) is 0 Å². The van der Waals surface area contributed by atoms with Gasteiger partial charge in [-0.05, 0) is 55.3 Å². The van der Waals surface area contributed by atoms with Crippen LogP contribution in [0.2, 0.25) is 0 Å². The Bertz CT molecular complexity index is 1120. The molecule has 3 aromatic rings. The molecule has 2 bridgehead atoms. The summed E-state index contributed by atoms with van der Waals surface area (Å²) < 4.78 is 5.72. The maximum absolute atomic E-state index is 11.2. The second-order valence-electron chi connectivity index (χ2n) is 8.00. The number of fused-ring (bicyclic) bond motifs is 2. The normalized spacial score (nSPS) is 19.5. The van der Waals surface area contributed by atoms with Crippen LogP contribution < -0.4 is 15.5 Å². The lowest BCUT2D eigenvalue weighted by molar-refractivity contribution is -0.114. The van der Waals surface area contributed by atoms with Gasteiger partial charge >= 0.3 is 0 Å². The summed E-state index contributed by atoms with van der Waals surface area (Å²) in [6, 6.07) is 12.3. The number of anilines is 4. The van der Waals surface area contributed by atoms with Gasteiger partial charge in [0.05, 0.1) is 24.4 Å². The lowest BCUT2D eigenvalue weighted by Gasteiger charge is -2.30. The van der Waals surface area contributed by atoms with Crippen LogP contribution in [0.15, 0.2) is 48.8 Å². The highest BCUT2D eigenvalue weighted by Gasteiger charge is 2.39. The van der Waals surface area contributed by atoms with Crippen molar-refractivity contribution < 1.29 is 9.53 Å². The number of morpholine rings is 1. The van der Waals surface area contributed by atoms with Crippen LogP contribution in [-0.2, 0) is 9.53 Å². The van der Waals surface area contributed by atoms with Gasteiger partial charge in [0.2, 0.25) is 11.9 Å². The SMILES string of the molecule is CC(=O)Nc1ccc(-c2ccnc(Nc3ccc(N4CC5CC4CO5)c(C)c3)n2)cn1. The number of pyridine rings is 1. The molecule has 2 unspecified atom stereocenters. The quantitative estimate of drug-likeness (QED) is 0.657. The maximum Gasteiger partial charge on any atom is 0.227 e. The van der Waals surface area contributed by atoms with E-state index >= 15 is 0 Å². The second-order valence-corrected chi connectivity index (χ2v) is 8.00. The fourth-order valence-electron chi connectivity index (χ4n) is 4.26. The molecule has 0 radical (unpaired) electrons. The fraction of sp³-hybridized carbons (Fsp3) is 0.304. The van der Waals surface area contributed by atoms with Crippen LogP contribution in [0.25, 0.3) is 11.3 Å². The van der Waals surface area contributed by atoms with E-state index in [9.17, 15) is 4.79 Å². The number of benzene rings is 1. The van der Waals surface area contributed by atoms with Crippen molar-refractivity contribution in [2.45, 2.75) is 32.4 Å². The predicted octanol–water partition coefficient (Wildman–Crippen LogP) is 3.53. The van der Waals surface area contributed by atoms with Crippen molar-refractivity contribution >= 4 is 29.0 Å². The van der Waals surface area contributed by atoms with E-state index in [0.29, 0.717) is 23.9 Å². The van der Waals surface area contributed by atoms with Crippen molar-refractivity contribution in [2.75, 3.05) is 28.7 Å². The molecule has 158 valence electrons. The first-order valence-electron chi connectivity index (χ1n) is 10.4. The predicted molar refractivity (Wildman–Crippen MR) is 120 cm³/mol. The van der Waals surface area contributed by atoms with E-state index in [1.807, 2.05) is 12.1 Å². The summed E-state index contributed by atoms with van der Waals surface area (Å²) in [4.78, 5) is 26.8. The van der Waals surface area contributed by atoms with Crippen LogP contribution >= 0.6 is 0 Å². The number of ether oxygens (including phenoxy) is 1. The highest BCUT2D eigenvalue weighted by atomic mass is 16.5. The van der Waals surface area contributed by atoms with Crippen molar-refractivity contribution in [3.8, 4) is 11.3 Å². The summed E-state index contributed by atoms with van der Waals surface area (Å²) in [7, 11) is 0. The Morgan fingerprint density at radius 2 is 2.10 bits per heavy atom. The molecule has 5 rings (SSSR count). The topological polar surface area (TPSA) is 92.3 Å². The summed E-state index contributed by atoms with van der Waals surface area (Å²) in [6.45, 7) is 5.38. The van der Waals surface area contributed by atoms with E-state index < -0.39 is 0 Å². The van der Waals surface area contributed by atoms with Crippen LogP contribution in [0, 0.1) is 6.92 Å². The number of nitrogens with one attached hydrogen (secondary N) is 2. The van der Waals surface area contributed by atoms with E-state index in [1.165, 1.54) is 18.2 Å². The molecule has 4 heterocycles. The molecule has 1 amide bonds. The monoisotopic (exact) mass is 416 g/mol. The van der Waals surface area contributed by atoms with Crippen LogP contribution in [0.5, 0.6) is 0 Å². The molecule has 1 aromatic carbocycles. The van der Waals surface area contributed by atoms with Gasteiger partial charge in [-0.3, -0.25) is 4.79 Å². The molecule has 0 saturated carbocycles. The third-order valence-corrected chi connectivity index (χ3v) is 5.68. The first kappa shape index (κ1) is 19.4. The summed E-state index contributed by atoms with van der Waals surface area (Å²) in [6.07, 6.45) is 4.90. The van der Waals surface area contributed by atoms with Crippen molar-refractivity contribution in [1.82, 2.24) is 15.0 Å². The second kappa shape index (κ2) is 7.96. The zero-order valence-electron chi connectivity index (χ0n) is 17.5. The highest BCUT2D eigenvalue weighted by molar-refractivity contribution is 5.87. The molecule has 31 heavy (non-hydrogen) atoms. The first-order chi connectivity index (χ1) is 15.0. The molecule has 8 nitrogen and oxygen atoms in total. The maximum atomic E-state index is 11.2. The standard InChI is InChI=1S/C23H24N6O2/c1-14-9-17(4-5-21(14)29-12-19-10-18(29)13-31-19)27-23-24-8-7-20(28-23)16-3-6-22(25-11-16)26-15(2)30/h3-9,11,18-19H,10,12-13H2,1-2H3,(H,24,27,28)(H,25,26,30). The summed E-state index contributed by atoms with van der Waals surface area (Å²) in [5.41, 5.74) is 5.02. The lowest BCUT2D eigenvalue weighted by atomic mass is 10.1. The zero-order valence-corrected chi connectivity index (χ0v) is 17.5. The molecule has 0 spiro atoms. The molecule has 0 aliphatic carbocycles. The largest absolute Gasteiger partial charge is 0.374 e. The first-order valence-corrected chi connectivity index (χ1v) is 10.4. The number of hydrogen-bond donors (Lipinski definition) is 2. The average molecular weight is 416 g/mol. The van der Waals surface area contributed by atoms with Gasteiger partial charge in [0.15, 0.2) is 0 Å². The van der Waals surface area contributed by atoms with Crippen LogP contribution in [-0.4, -0.2) is 46.2 Å². The van der Waals surface area contributed by atoms with E-state index in [2.05, 4.69) is 55.6 Å².